The summed E-state index contributed by atoms with van der Waals surface area (Å²) >= 11 is 3.52. The van der Waals surface area contributed by atoms with Gasteiger partial charge in [-0.05, 0) is 18.3 Å². The molecule has 2 atom stereocenters. The van der Waals surface area contributed by atoms with Gasteiger partial charge in [0.05, 0.1) is 0 Å². The lowest BCUT2D eigenvalue weighted by atomic mass is 9.84. The Morgan fingerprint density at radius 2 is 1.53 bits per heavy atom. The molecule has 4 heteroatoms. The number of carbonyl (C=O) groups is 2. The fourth-order valence-electron chi connectivity index (χ4n) is 2.22. The molecule has 3 nitrogen and oxygen atoms in total. The van der Waals surface area contributed by atoms with Crippen molar-refractivity contribution in [1.29, 1.82) is 0 Å². The minimum Gasteiger partial charge on any atom is -0.282 e. The van der Waals surface area contributed by atoms with Crippen LogP contribution >= 0.6 is 15.9 Å². The van der Waals surface area contributed by atoms with Crippen LogP contribution in [0, 0.1) is 17.3 Å². The lowest BCUT2D eigenvalue weighted by Gasteiger charge is -2.33. The van der Waals surface area contributed by atoms with Gasteiger partial charge in [0.2, 0.25) is 11.8 Å². The van der Waals surface area contributed by atoms with E-state index in [9.17, 15) is 9.59 Å². The van der Waals surface area contributed by atoms with Crippen molar-refractivity contribution >= 4 is 27.7 Å². The average molecular weight is 304 g/mol. The molecule has 1 aliphatic rings. The Hall–Kier alpha value is -0.380. The van der Waals surface area contributed by atoms with E-state index in [1.54, 1.807) is 0 Å². The molecular formula is C13H22BrNO2. The number of hydrogen-bond acceptors (Lipinski definition) is 2. The minimum absolute atomic E-state index is 0.00488. The predicted molar refractivity (Wildman–Crippen MR) is 71.9 cm³/mol. The summed E-state index contributed by atoms with van der Waals surface area (Å²) < 4.78 is 0. The van der Waals surface area contributed by atoms with Gasteiger partial charge in [-0.25, -0.2) is 0 Å². The molecule has 0 aromatic heterocycles. The van der Waals surface area contributed by atoms with Gasteiger partial charge in [-0.2, -0.15) is 0 Å². The lowest BCUT2D eigenvalue weighted by molar-refractivity contribution is -0.141. The van der Waals surface area contributed by atoms with Gasteiger partial charge >= 0.3 is 0 Å². The third-order valence-corrected chi connectivity index (χ3v) is 5.53. The summed E-state index contributed by atoms with van der Waals surface area (Å²) in [4.78, 5) is 25.6. The quantitative estimate of drug-likeness (QED) is 0.578. The normalized spacial score (nSPS) is 25.8. The molecule has 0 bridgehead atoms. The number of carbonyl (C=O) groups excluding carboxylic acids is 2. The fraction of sp³-hybridized carbons (Fsp3) is 0.846. The first-order valence-electron chi connectivity index (χ1n) is 6.33. The van der Waals surface area contributed by atoms with Crippen LogP contribution < -0.4 is 0 Å². The van der Waals surface area contributed by atoms with E-state index in [4.69, 9.17) is 0 Å². The van der Waals surface area contributed by atoms with Gasteiger partial charge in [0.25, 0.3) is 0 Å². The van der Waals surface area contributed by atoms with Crippen LogP contribution in [0.2, 0.25) is 0 Å². The second-order valence-corrected chi connectivity index (χ2v) is 5.74. The van der Waals surface area contributed by atoms with Crippen LogP contribution in [-0.2, 0) is 9.59 Å². The van der Waals surface area contributed by atoms with Crippen LogP contribution in [0.15, 0.2) is 0 Å². The molecule has 2 unspecified atom stereocenters. The first-order chi connectivity index (χ1) is 7.92. The maximum absolute atomic E-state index is 12.0. The average Bonchev–Trinajstić information content (AvgIpc) is 2.53. The van der Waals surface area contributed by atoms with Gasteiger partial charge < -0.3 is 0 Å². The van der Waals surface area contributed by atoms with Crippen molar-refractivity contribution in [1.82, 2.24) is 4.90 Å². The van der Waals surface area contributed by atoms with Crippen molar-refractivity contribution in [3.05, 3.63) is 0 Å². The number of hydrogen-bond donors (Lipinski definition) is 0. The Bertz CT molecular complexity index is 284. The molecule has 0 saturated carbocycles. The number of nitrogens with zero attached hydrogens (tertiary/aromatic N) is 1. The van der Waals surface area contributed by atoms with E-state index in [1.807, 2.05) is 13.8 Å². The van der Waals surface area contributed by atoms with E-state index >= 15 is 0 Å². The first kappa shape index (κ1) is 14.7. The summed E-state index contributed by atoms with van der Waals surface area (Å²) in [6, 6.07) is 0. The topological polar surface area (TPSA) is 37.4 Å². The molecule has 1 saturated heterocycles. The summed E-state index contributed by atoms with van der Waals surface area (Å²) in [5, 5.41) is 0.826. The molecular weight excluding hydrogens is 282 g/mol. The highest BCUT2D eigenvalue weighted by Crippen LogP contribution is 2.34. The number of rotatable bonds is 5. The van der Waals surface area contributed by atoms with Gasteiger partial charge in [0.15, 0.2) is 0 Å². The highest BCUT2D eigenvalue weighted by Gasteiger charge is 2.44. The van der Waals surface area contributed by atoms with Crippen molar-refractivity contribution in [2.24, 2.45) is 17.3 Å². The molecule has 17 heavy (non-hydrogen) atoms. The van der Waals surface area contributed by atoms with Gasteiger partial charge in [0.1, 0.15) is 0 Å². The molecule has 1 rings (SSSR count). The smallest absolute Gasteiger partial charge is 0.232 e. The van der Waals surface area contributed by atoms with Crippen LogP contribution in [0.25, 0.3) is 0 Å². The van der Waals surface area contributed by atoms with Crippen molar-refractivity contribution in [3.8, 4) is 0 Å². The standard InChI is InChI=1S/C13H22BrNO2/c1-5-13(6-2,7-14)8-15-11(16)9(3)10(4)12(15)17/h9-10H,5-8H2,1-4H3. The molecule has 0 aliphatic carbocycles. The SMILES string of the molecule is CCC(CC)(CBr)CN1C(=O)C(C)C(C)C1=O. The van der Waals surface area contributed by atoms with Gasteiger partial charge in [-0.15, -0.1) is 0 Å². The summed E-state index contributed by atoms with van der Waals surface area (Å²) in [6.07, 6.45) is 1.93. The second-order valence-electron chi connectivity index (χ2n) is 5.18. The van der Waals surface area contributed by atoms with Crippen LogP contribution in [0.5, 0.6) is 0 Å². The first-order valence-corrected chi connectivity index (χ1v) is 7.45. The van der Waals surface area contributed by atoms with Crippen molar-refractivity contribution < 1.29 is 9.59 Å². The highest BCUT2D eigenvalue weighted by molar-refractivity contribution is 9.09. The minimum atomic E-state index is -0.163. The Kier molecular flexibility index (Phi) is 4.76. The number of amides is 2. The third-order valence-electron chi connectivity index (χ3n) is 4.34. The Morgan fingerprint density at radius 3 is 1.82 bits per heavy atom. The van der Waals surface area contributed by atoms with Gasteiger partial charge in [-0.3, -0.25) is 14.5 Å². The lowest BCUT2D eigenvalue weighted by Crippen LogP contribution is -2.42. The molecule has 0 aromatic carbocycles. The summed E-state index contributed by atoms with van der Waals surface area (Å²) in [5.41, 5.74) is 0.0229. The number of imide groups is 1. The molecule has 0 aromatic rings. The van der Waals surface area contributed by atoms with Crippen LogP contribution in [0.3, 0.4) is 0 Å². The molecule has 0 N–H and O–H groups in total. The molecule has 0 radical (unpaired) electrons. The Morgan fingerprint density at radius 1 is 1.12 bits per heavy atom. The predicted octanol–water partition coefficient (Wildman–Crippen LogP) is 2.83. The van der Waals surface area contributed by atoms with Crippen LogP contribution in [0.1, 0.15) is 40.5 Å². The highest BCUT2D eigenvalue weighted by atomic mass is 79.9. The van der Waals surface area contributed by atoms with E-state index in [1.165, 1.54) is 4.90 Å². The molecule has 1 heterocycles. The Balaban J connectivity index is 2.88. The number of alkyl halides is 1. The van der Waals surface area contributed by atoms with E-state index in [0.29, 0.717) is 6.54 Å². The maximum Gasteiger partial charge on any atom is 0.232 e. The van der Waals surface area contributed by atoms with Crippen molar-refractivity contribution in [3.63, 3.8) is 0 Å². The molecule has 1 fully saturated rings. The zero-order valence-corrected chi connectivity index (χ0v) is 12.7. The fourth-order valence-corrected chi connectivity index (χ4v) is 3.19. The van der Waals surface area contributed by atoms with Crippen molar-refractivity contribution in [2.75, 3.05) is 11.9 Å². The van der Waals surface area contributed by atoms with E-state index < -0.39 is 0 Å². The van der Waals surface area contributed by atoms with Crippen LogP contribution in [0.4, 0.5) is 0 Å². The van der Waals surface area contributed by atoms with E-state index in [-0.39, 0.29) is 29.1 Å². The van der Waals surface area contributed by atoms with Gasteiger partial charge in [-0.1, -0.05) is 43.6 Å². The molecule has 2 amide bonds. The van der Waals surface area contributed by atoms with Gasteiger partial charge in [0, 0.05) is 23.7 Å². The summed E-state index contributed by atoms with van der Waals surface area (Å²) in [6.45, 7) is 8.47. The van der Waals surface area contributed by atoms with E-state index in [0.717, 1.165) is 18.2 Å². The summed E-state index contributed by atoms with van der Waals surface area (Å²) in [5.74, 6) is -0.335. The number of halogens is 1. The second kappa shape index (κ2) is 5.51. The molecule has 0 spiro atoms. The monoisotopic (exact) mass is 303 g/mol. The van der Waals surface area contributed by atoms with Crippen LogP contribution in [-0.4, -0.2) is 28.6 Å². The zero-order chi connectivity index (χ0) is 13.2. The zero-order valence-electron chi connectivity index (χ0n) is 11.1. The molecule has 98 valence electrons. The third kappa shape index (κ3) is 2.56. The molecule has 1 aliphatic heterocycles. The summed E-state index contributed by atoms with van der Waals surface area (Å²) in [7, 11) is 0. The van der Waals surface area contributed by atoms with E-state index in [2.05, 4.69) is 29.8 Å². The largest absolute Gasteiger partial charge is 0.282 e. The number of likely N-dealkylation sites (tertiary alicyclic amines) is 1. The maximum atomic E-state index is 12.0. The Labute approximate surface area is 112 Å². The van der Waals surface area contributed by atoms with Crippen molar-refractivity contribution in [2.45, 2.75) is 40.5 Å².